The van der Waals surface area contributed by atoms with Gasteiger partial charge in [-0.3, -0.25) is 14.2 Å². The number of hydrogen-bond acceptors (Lipinski definition) is 5. The van der Waals surface area contributed by atoms with Crippen molar-refractivity contribution in [3.63, 3.8) is 0 Å². The smallest absolute Gasteiger partial charge is 0.305 e. The summed E-state index contributed by atoms with van der Waals surface area (Å²) >= 11 is 1.57. The van der Waals surface area contributed by atoms with Gasteiger partial charge in [0.05, 0.1) is 12.5 Å². The lowest BCUT2D eigenvalue weighted by Crippen LogP contribution is -2.26. The van der Waals surface area contributed by atoms with Crippen molar-refractivity contribution in [1.82, 2.24) is 9.55 Å². The van der Waals surface area contributed by atoms with Crippen LogP contribution in [0.4, 0.5) is 0 Å². The summed E-state index contributed by atoms with van der Waals surface area (Å²) in [5, 5.41) is 0.679. The Bertz CT molecular complexity index is 1130. The van der Waals surface area contributed by atoms with Crippen LogP contribution in [-0.4, -0.2) is 22.6 Å². The fourth-order valence-electron chi connectivity index (χ4n) is 3.60. The summed E-state index contributed by atoms with van der Waals surface area (Å²) < 4.78 is 6.47. The van der Waals surface area contributed by atoms with Crippen LogP contribution in [0.3, 0.4) is 0 Å². The average molecular weight is 413 g/mol. The number of aryl methyl sites for hydroxylation is 3. The Morgan fingerprint density at radius 1 is 1.21 bits per heavy atom. The third-order valence-corrected chi connectivity index (χ3v) is 6.32. The molecule has 5 nitrogen and oxygen atoms in total. The van der Waals surface area contributed by atoms with E-state index in [1.54, 1.807) is 15.9 Å². The molecule has 154 valence electrons. The SMILES string of the molecule is COC(=O)CCCn1c(C(C)C)nc2sc(C)c(-c3ccc(C)c(C)c3)c2c1=O. The van der Waals surface area contributed by atoms with Gasteiger partial charge in [0.15, 0.2) is 0 Å². The maximum Gasteiger partial charge on any atom is 0.305 e. The second kappa shape index (κ2) is 8.49. The highest BCUT2D eigenvalue weighted by Gasteiger charge is 2.21. The third kappa shape index (κ3) is 4.13. The van der Waals surface area contributed by atoms with Gasteiger partial charge in [-0.25, -0.2) is 4.98 Å². The number of hydrogen-bond donors (Lipinski definition) is 0. The molecule has 0 saturated heterocycles. The molecule has 0 radical (unpaired) electrons. The van der Waals surface area contributed by atoms with E-state index < -0.39 is 0 Å². The average Bonchev–Trinajstić information content (AvgIpc) is 3.01. The van der Waals surface area contributed by atoms with E-state index in [9.17, 15) is 9.59 Å². The first-order valence-electron chi connectivity index (χ1n) is 9.92. The minimum Gasteiger partial charge on any atom is -0.469 e. The summed E-state index contributed by atoms with van der Waals surface area (Å²) in [7, 11) is 1.38. The number of ether oxygens (including phenoxy) is 1. The van der Waals surface area contributed by atoms with Gasteiger partial charge in [-0.15, -0.1) is 11.3 Å². The van der Waals surface area contributed by atoms with E-state index in [0.29, 0.717) is 18.4 Å². The minimum atomic E-state index is -0.264. The molecule has 0 aliphatic carbocycles. The molecule has 0 aliphatic rings. The number of benzene rings is 1. The Hall–Kier alpha value is -2.47. The highest BCUT2D eigenvalue weighted by atomic mass is 32.1. The van der Waals surface area contributed by atoms with Crippen molar-refractivity contribution < 1.29 is 9.53 Å². The summed E-state index contributed by atoms with van der Waals surface area (Å²) in [6, 6.07) is 6.31. The highest BCUT2D eigenvalue weighted by Crippen LogP contribution is 2.37. The first kappa shape index (κ1) is 21.2. The number of aromatic nitrogens is 2. The number of carbonyl (C=O) groups is 1. The summed E-state index contributed by atoms with van der Waals surface area (Å²) in [5.74, 6) is 0.610. The zero-order chi connectivity index (χ0) is 21.3. The number of esters is 1. The Morgan fingerprint density at radius 2 is 1.93 bits per heavy atom. The summed E-state index contributed by atoms with van der Waals surface area (Å²) in [4.78, 5) is 31.8. The summed E-state index contributed by atoms with van der Waals surface area (Å²) in [5.41, 5.74) is 4.43. The largest absolute Gasteiger partial charge is 0.469 e. The summed E-state index contributed by atoms with van der Waals surface area (Å²) in [6.45, 7) is 10.7. The van der Waals surface area contributed by atoms with Crippen LogP contribution in [0.5, 0.6) is 0 Å². The van der Waals surface area contributed by atoms with E-state index in [1.165, 1.54) is 18.2 Å². The van der Waals surface area contributed by atoms with Crippen molar-refractivity contribution in [3.8, 4) is 11.1 Å². The van der Waals surface area contributed by atoms with Crippen molar-refractivity contribution in [2.75, 3.05) is 7.11 Å². The molecule has 0 amide bonds. The molecule has 2 heterocycles. The Morgan fingerprint density at radius 3 is 2.55 bits per heavy atom. The normalized spacial score (nSPS) is 11.4. The molecule has 3 rings (SSSR count). The molecule has 29 heavy (non-hydrogen) atoms. The molecule has 0 unspecified atom stereocenters. The quantitative estimate of drug-likeness (QED) is 0.527. The van der Waals surface area contributed by atoms with E-state index in [0.717, 1.165) is 26.7 Å². The number of fused-ring (bicyclic) bond motifs is 1. The van der Waals surface area contributed by atoms with Gasteiger partial charge < -0.3 is 4.74 Å². The second-order valence-electron chi connectivity index (χ2n) is 7.77. The summed E-state index contributed by atoms with van der Waals surface area (Å²) in [6.07, 6.45) is 0.826. The zero-order valence-corrected chi connectivity index (χ0v) is 18.8. The maximum absolute atomic E-state index is 13.6. The fourth-order valence-corrected chi connectivity index (χ4v) is 4.64. The van der Waals surface area contributed by atoms with Crippen molar-refractivity contribution in [2.24, 2.45) is 0 Å². The predicted molar refractivity (Wildman–Crippen MR) is 119 cm³/mol. The van der Waals surface area contributed by atoms with Crippen LogP contribution in [0.15, 0.2) is 23.0 Å². The molecule has 6 heteroatoms. The fraction of sp³-hybridized carbons (Fsp3) is 0.435. The Kier molecular flexibility index (Phi) is 6.22. The van der Waals surface area contributed by atoms with Crippen LogP contribution < -0.4 is 5.56 Å². The third-order valence-electron chi connectivity index (χ3n) is 5.32. The molecule has 0 N–H and O–H groups in total. The Labute approximate surface area is 175 Å². The molecule has 0 atom stereocenters. The minimum absolute atomic E-state index is 0.0267. The first-order valence-corrected chi connectivity index (χ1v) is 10.7. The van der Waals surface area contributed by atoms with Gasteiger partial charge in [0.2, 0.25) is 0 Å². The van der Waals surface area contributed by atoms with Crippen LogP contribution in [0.25, 0.3) is 21.3 Å². The molecule has 0 fully saturated rings. The zero-order valence-electron chi connectivity index (χ0n) is 18.0. The number of carbonyl (C=O) groups excluding carboxylic acids is 1. The molecule has 1 aromatic carbocycles. The van der Waals surface area contributed by atoms with Crippen molar-refractivity contribution in [1.29, 1.82) is 0 Å². The number of methoxy groups -OCH3 is 1. The highest BCUT2D eigenvalue weighted by molar-refractivity contribution is 7.19. The molecule has 2 aromatic heterocycles. The molecular weight excluding hydrogens is 384 g/mol. The predicted octanol–water partition coefficient (Wildman–Crippen LogP) is 5.13. The van der Waals surface area contributed by atoms with Gasteiger partial charge in [-0.2, -0.15) is 0 Å². The van der Waals surface area contributed by atoms with Crippen LogP contribution in [0, 0.1) is 20.8 Å². The van der Waals surface area contributed by atoms with Crippen molar-refractivity contribution in [2.45, 2.75) is 59.9 Å². The lowest BCUT2D eigenvalue weighted by atomic mass is 9.99. The standard InChI is InChI=1S/C23H28N2O3S/c1-13(2)21-24-22-20(23(27)25(21)11-7-8-18(26)28-6)19(16(5)29-22)17-10-9-14(3)15(4)12-17/h9-10,12-13H,7-8,11H2,1-6H3. The van der Waals surface area contributed by atoms with E-state index in [4.69, 9.17) is 9.72 Å². The molecule has 0 saturated carbocycles. The van der Waals surface area contributed by atoms with Crippen LogP contribution in [0.1, 0.15) is 54.4 Å². The maximum atomic E-state index is 13.6. The molecule has 0 aliphatic heterocycles. The van der Waals surface area contributed by atoms with Gasteiger partial charge in [-0.1, -0.05) is 32.0 Å². The Balaban J connectivity index is 2.18. The van der Waals surface area contributed by atoms with E-state index in [-0.39, 0.29) is 23.9 Å². The van der Waals surface area contributed by atoms with Gasteiger partial charge >= 0.3 is 5.97 Å². The van der Waals surface area contributed by atoms with Gasteiger partial charge in [0, 0.05) is 29.3 Å². The number of nitrogens with zero attached hydrogens (tertiary/aromatic N) is 2. The molecule has 3 aromatic rings. The van der Waals surface area contributed by atoms with E-state index in [1.807, 2.05) is 20.8 Å². The van der Waals surface area contributed by atoms with Crippen LogP contribution in [0.2, 0.25) is 0 Å². The van der Waals surface area contributed by atoms with Crippen molar-refractivity contribution in [3.05, 3.63) is 50.4 Å². The molecule has 0 spiro atoms. The van der Waals surface area contributed by atoms with Crippen molar-refractivity contribution >= 4 is 27.5 Å². The molecular formula is C23H28N2O3S. The van der Waals surface area contributed by atoms with Gasteiger partial charge in [-0.05, 0) is 43.9 Å². The number of thiophene rings is 1. The van der Waals surface area contributed by atoms with Crippen LogP contribution in [-0.2, 0) is 16.1 Å². The van der Waals surface area contributed by atoms with E-state index in [2.05, 4.69) is 32.0 Å². The molecule has 0 bridgehead atoms. The lowest BCUT2D eigenvalue weighted by Gasteiger charge is -2.15. The second-order valence-corrected chi connectivity index (χ2v) is 8.98. The first-order chi connectivity index (χ1) is 13.7. The monoisotopic (exact) mass is 412 g/mol. The van der Waals surface area contributed by atoms with Gasteiger partial charge in [0.25, 0.3) is 5.56 Å². The van der Waals surface area contributed by atoms with Gasteiger partial charge in [0.1, 0.15) is 10.7 Å². The lowest BCUT2D eigenvalue weighted by molar-refractivity contribution is -0.140. The topological polar surface area (TPSA) is 61.2 Å². The van der Waals surface area contributed by atoms with E-state index >= 15 is 0 Å². The van der Waals surface area contributed by atoms with Crippen LogP contribution >= 0.6 is 11.3 Å². The number of rotatable bonds is 6.